The van der Waals surface area contributed by atoms with Crippen molar-refractivity contribution < 1.29 is 8.42 Å². The van der Waals surface area contributed by atoms with E-state index in [0.717, 1.165) is 23.2 Å². The molecule has 1 atom stereocenters. The van der Waals surface area contributed by atoms with E-state index in [9.17, 15) is 8.42 Å². The average Bonchev–Trinajstić information content (AvgIpc) is 2.44. The van der Waals surface area contributed by atoms with Gasteiger partial charge < -0.3 is 5.32 Å². The largest absolute Gasteiger partial charge is 0.306 e. The Labute approximate surface area is 126 Å². The first-order valence-electron chi connectivity index (χ1n) is 6.86. The average molecular weight is 304 g/mol. The van der Waals surface area contributed by atoms with E-state index < -0.39 is 9.84 Å². The number of hydrogen-bond acceptors (Lipinski definition) is 4. The van der Waals surface area contributed by atoms with Crippen LogP contribution in [0.1, 0.15) is 29.7 Å². The minimum Gasteiger partial charge on any atom is -0.306 e. The lowest BCUT2D eigenvalue weighted by atomic mass is 9.99. The van der Waals surface area contributed by atoms with E-state index in [-0.39, 0.29) is 6.04 Å². The van der Waals surface area contributed by atoms with E-state index in [0.29, 0.717) is 4.90 Å². The summed E-state index contributed by atoms with van der Waals surface area (Å²) in [6.07, 6.45) is 4.84. The third-order valence-electron chi connectivity index (χ3n) is 3.26. The zero-order chi connectivity index (χ0) is 15.5. The first-order valence-corrected chi connectivity index (χ1v) is 8.76. The quantitative estimate of drug-likeness (QED) is 0.922. The normalized spacial score (nSPS) is 13.1. The predicted molar refractivity (Wildman–Crippen MR) is 84.0 cm³/mol. The molecule has 1 N–H and O–H groups in total. The van der Waals surface area contributed by atoms with Crippen molar-refractivity contribution in [3.8, 4) is 0 Å². The molecule has 0 saturated carbocycles. The summed E-state index contributed by atoms with van der Waals surface area (Å²) in [4.78, 5) is 4.56. The van der Waals surface area contributed by atoms with Gasteiger partial charge in [-0.15, -0.1) is 0 Å². The Bertz CT molecular complexity index is 727. The second-order valence-corrected chi connectivity index (χ2v) is 7.15. The highest BCUT2D eigenvalue weighted by Crippen LogP contribution is 2.24. The van der Waals surface area contributed by atoms with E-state index in [2.05, 4.69) is 16.4 Å². The molecule has 5 heteroatoms. The first kappa shape index (κ1) is 15.7. The van der Waals surface area contributed by atoms with Gasteiger partial charge in [0, 0.05) is 18.6 Å². The van der Waals surface area contributed by atoms with Gasteiger partial charge in [-0.05, 0) is 42.3 Å². The molecule has 1 unspecified atom stereocenters. The molecule has 0 amide bonds. The summed E-state index contributed by atoms with van der Waals surface area (Å²) >= 11 is 0. The van der Waals surface area contributed by atoms with Gasteiger partial charge in [-0.2, -0.15) is 0 Å². The molecule has 2 rings (SSSR count). The first-order chi connectivity index (χ1) is 9.91. The lowest BCUT2D eigenvalue weighted by Gasteiger charge is -2.19. The van der Waals surface area contributed by atoms with Gasteiger partial charge >= 0.3 is 0 Å². The van der Waals surface area contributed by atoms with Crippen molar-refractivity contribution in [2.24, 2.45) is 0 Å². The minimum absolute atomic E-state index is 0.0656. The number of aryl methyl sites for hydroxylation is 1. The molecule has 1 aromatic carbocycles. The van der Waals surface area contributed by atoms with Crippen molar-refractivity contribution in [1.82, 2.24) is 10.3 Å². The number of hydrogen-bond donors (Lipinski definition) is 1. The summed E-state index contributed by atoms with van der Waals surface area (Å²) < 4.78 is 23.4. The summed E-state index contributed by atoms with van der Waals surface area (Å²) in [5.74, 6) is 0. The van der Waals surface area contributed by atoms with Gasteiger partial charge in [-0.25, -0.2) is 8.42 Å². The SMILES string of the molecule is CCNC(c1cncc(C)c1)c1cccc(S(C)(=O)=O)c1. The fourth-order valence-electron chi connectivity index (χ4n) is 2.29. The van der Waals surface area contributed by atoms with E-state index in [4.69, 9.17) is 0 Å². The molecule has 0 spiro atoms. The van der Waals surface area contributed by atoms with E-state index >= 15 is 0 Å². The molecule has 0 fully saturated rings. The van der Waals surface area contributed by atoms with Crippen LogP contribution in [0.25, 0.3) is 0 Å². The zero-order valence-corrected chi connectivity index (χ0v) is 13.3. The Morgan fingerprint density at radius 1 is 1.19 bits per heavy atom. The van der Waals surface area contributed by atoms with Gasteiger partial charge in [-0.3, -0.25) is 4.98 Å². The van der Waals surface area contributed by atoms with Crippen LogP contribution in [0, 0.1) is 6.92 Å². The number of nitrogens with one attached hydrogen (secondary N) is 1. The molecule has 0 radical (unpaired) electrons. The van der Waals surface area contributed by atoms with Gasteiger partial charge in [0.05, 0.1) is 10.9 Å². The molecule has 112 valence electrons. The molecule has 0 saturated heterocycles. The number of rotatable bonds is 5. The highest BCUT2D eigenvalue weighted by Gasteiger charge is 2.16. The smallest absolute Gasteiger partial charge is 0.175 e. The molecule has 21 heavy (non-hydrogen) atoms. The Morgan fingerprint density at radius 3 is 2.57 bits per heavy atom. The van der Waals surface area contributed by atoms with Gasteiger partial charge in [0.15, 0.2) is 9.84 Å². The minimum atomic E-state index is -3.21. The van der Waals surface area contributed by atoms with Gasteiger partial charge in [0.1, 0.15) is 0 Å². The Kier molecular flexibility index (Phi) is 4.75. The van der Waals surface area contributed by atoms with E-state index in [1.54, 1.807) is 24.4 Å². The molecule has 0 bridgehead atoms. The van der Waals surface area contributed by atoms with Gasteiger partial charge in [0.25, 0.3) is 0 Å². The molecule has 4 nitrogen and oxygen atoms in total. The summed E-state index contributed by atoms with van der Waals surface area (Å²) in [5.41, 5.74) is 3.03. The van der Waals surface area contributed by atoms with Crippen LogP contribution < -0.4 is 5.32 Å². The maximum absolute atomic E-state index is 11.7. The Morgan fingerprint density at radius 2 is 1.95 bits per heavy atom. The topological polar surface area (TPSA) is 59.1 Å². The lowest BCUT2D eigenvalue weighted by Crippen LogP contribution is -2.22. The van der Waals surface area contributed by atoms with Crippen molar-refractivity contribution in [2.75, 3.05) is 12.8 Å². The lowest BCUT2D eigenvalue weighted by molar-refractivity contribution is 0.600. The van der Waals surface area contributed by atoms with Crippen molar-refractivity contribution >= 4 is 9.84 Å². The number of aromatic nitrogens is 1. The van der Waals surface area contributed by atoms with Crippen LogP contribution in [0.4, 0.5) is 0 Å². The predicted octanol–water partition coefficient (Wildman–Crippen LogP) is 2.49. The summed E-state index contributed by atoms with van der Waals surface area (Å²) in [5, 5.41) is 3.39. The van der Waals surface area contributed by atoms with Crippen molar-refractivity contribution in [3.05, 3.63) is 59.4 Å². The second-order valence-electron chi connectivity index (χ2n) is 5.13. The maximum Gasteiger partial charge on any atom is 0.175 e. The van der Waals surface area contributed by atoms with Crippen LogP contribution in [0.2, 0.25) is 0 Å². The highest BCUT2D eigenvalue weighted by molar-refractivity contribution is 7.90. The molecule has 1 heterocycles. The van der Waals surface area contributed by atoms with Crippen molar-refractivity contribution in [1.29, 1.82) is 0 Å². The van der Waals surface area contributed by atoms with Crippen molar-refractivity contribution in [2.45, 2.75) is 24.8 Å². The van der Waals surface area contributed by atoms with Gasteiger partial charge in [0.2, 0.25) is 0 Å². The Balaban J connectivity index is 2.48. The van der Waals surface area contributed by atoms with Crippen LogP contribution in [0.3, 0.4) is 0 Å². The molecular weight excluding hydrogens is 284 g/mol. The van der Waals surface area contributed by atoms with E-state index in [1.807, 2.05) is 26.1 Å². The van der Waals surface area contributed by atoms with Crippen LogP contribution in [-0.4, -0.2) is 26.2 Å². The molecule has 0 aliphatic rings. The molecule has 2 aromatic rings. The number of nitrogens with zero attached hydrogens (tertiary/aromatic N) is 1. The fraction of sp³-hybridized carbons (Fsp3) is 0.312. The second kappa shape index (κ2) is 6.37. The van der Waals surface area contributed by atoms with Crippen molar-refractivity contribution in [3.63, 3.8) is 0 Å². The van der Waals surface area contributed by atoms with Gasteiger partial charge in [-0.1, -0.05) is 25.1 Å². The third kappa shape index (κ3) is 3.89. The van der Waals surface area contributed by atoms with E-state index in [1.165, 1.54) is 6.26 Å². The zero-order valence-electron chi connectivity index (χ0n) is 12.5. The third-order valence-corrected chi connectivity index (χ3v) is 4.37. The highest BCUT2D eigenvalue weighted by atomic mass is 32.2. The summed E-state index contributed by atoms with van der Waals surface area (Å²) in [6.45, 7) is 4.80. The fourth-order valence-corrected chi connectivity index (χ4v) is 2.97. The summed E-state index contributed by atoms with van der Waals surface area (Å²) in [6, 6.07) is 9.06. The molecule has 0 aliphatic heterocycles. The number of sulfone groups is 1. The van der Waals surface area contributed by atoms with Crippen LogP contribution in [0.15, 0.2) is 47.6 Å². The monoisotopic (exact) mass is 304 g/mol. The standard InChI is InChI=1S/C16H20N2O2S/c1-4-18-16(14-8-12(2)10-17-11-14)13-6-5-7-15(9-13)21(3,19)20/h5-11,16,18H,4H2,1-3H3. The molecule has 1 aromatic heterocycles. The van der Waals surface area contributed by atoms with Crippen LogP contribution in [-0.2, 0) is 9.84 Å². The number of benzene rings is 1. The summed E-state index contributed by atoms with van der Waals surface area (Å²) in [7, 11) is -3.21. The molecule has 0 aliphatic carbocycles. The Hall–Kier alpha value is -1.72. The molecular formula is C16H20N2O2S. The van der Waals surface area contributed by atoms with Crippen LogP contribution in [0.5, 0.6) is 0 Å². The maximum atomic E-state index is 11.7. The van der Waals surface area contributed by atoms with Crippen LogP contribution >= 0.6 is 0 Å². The number of pyridine rings is 1.